The van der Waals surface area contributed by atoms with Gasteiger partial charge in [0.05, 0.1) is 12.8 Å². The minimum atomic E-state index is -0.332. The summed E-state index contributed by atoms with van der Waals surface area (Å²) in [5.41, 5.74) is 0. The number of amides is 2. The van der Waals surface area contributed by atoms with Crippen LogP contribution in [0.15, 0.2) is 10.6 Å². The van der Waals surface area contributed by atoms with Gasteiger partial charge in [0, 0.05) is 26.2 Å². The predicted molar refractivity (Wildman–Crippen MR) is 65.7 cm³/mol. The van der Waals surface area contributed by atoms with Crippen molar-refractivity contribution in [3.63, 3.8) is 0 Å². The molecule has 0 bridgehead atoms. The summed E-state index contributed by atoms with van der Waals surface area (Å²) in [5, 5.41) is 0. The number of hydrogen-bond acceptors (Lipinski definition) is 5. The van der Waals surface area contributed by atoms with E-state index < -0.39 is 0 Å². The Morgan fingerprint density at radius 3 is 2.47 bits per heavy atom. The molecule has 7 heteroatoms. The summed E-state index contributed by atoms with van der Waals surface area (Å²) in [7, 11) is 0. The maximum atomic E-state index is 12.1. The molecule has 0 radical (unpaired) electrons. The highest BCUT2D eigenvalue weighted by Crippen LogP contribution is 2.10. The third-order valence-corrected chi connectivity index (χ3v) is 2.90. The average Bonchev–Trinajstić information content (AvgIpc) is 2.85. The van der Waals surface area contributed by atoms with Crippen molar-refractivity contribution in [2.45, 2.75) is 13.8 Å². The Balaban J connectivity index is 1.89. The number of carbonyl (C=O) groups is 2. The molecule has 2 heterocycles. The first-order valence-electron chi connectivity index (χ1n) is 6.25. The molecule has 104 valence electrons. The van der Waals surface area contributed by atoms with E-state index in [4.69, 9.17) is 9.15 Å². The van der Waals surface area contributed by atoms with Gasteiger partial charge >= 0.3 is 12.0 Å². The van der Waals surface area contributed by atoms with Gasteiger partial charge in [-0.2, -0.15) is 0 Å². The van der Waals surface area contributed by atoms with Crippen molar-refractivity contribution in [1.82, 2.24) is 14.8 Å². The normalized spacial score (nSPS) is 15.5. The highest BCUT2D eigenvalue weighted by Gasteiger charge is 2.27. The van der Waals surface area contributed by atoms with Gasteiger partial charge in [-0.1, -0.05) is 0 Å². The zero-order chi connectivity index (χ0) is 13.8. The minimum absolute atomic E-state index is 0.0992. The average molecular weight is 267 g/mol. The molecule has 0 spiro atoms. The van der Waals surface area contributed by atoms with E-state index >= 15 is 0 Å². The van der Waals surface area contributed by atoms with E-state index in [1.54, 1.807) is 23.6 Å². The van der Waals surface area contributed by atoms with Crippen LogP contribution in [0.3, 0.4) is 0 Å². The molecule has 0 saturated carbocycles. The maximum absolute atomic E-state index is 12.1. The number of aromatic nitrogens is 1. The molecule has 2 amide bonds. The molecule has 1 aliphatic heterocycles. The lowest BCUT2D eigenvalue weighted by Crippen LogP contribution is -2.50. The number of oxazole rings is 1. The van der Waals surface area contributed by atoms with Gasteiger partial charge < -0.3 is 19.0 Å². The van der Waals surface area contributed by atoms with Gasteiger partial charge in [0.25, 0.3) is 5.89 Å². The second kappa shape index (κ2) is 5.73. The highest BCUT2D eigenvalue weighted by atomic mass is 16.6. The van der Waals surface area contributed by atoms with E-state index in [0.717, 1.165) is 0 Å². The first-order chi connectivity index (χ1) is 9.11. The molecule has 0 aromatic carbocycles. The maximum Gasteiger partial charge on any atom is 0.409 e. The van der Waals surface area contributed by atoms with Crippen LogP contribution in [0.4, 0.5) is 4.79 Å². The number of nitrogens with zero attached hydrogens (tertiary/aromatic N) is 3. The third-order valence-electron chi connectivity index (χ3n) is 2.90. The zero-order valence-corrected chi connectivity index (χ0v) is 11.1. The van der Waals surface area contributed by atoms with Gasteiger partial charge in [-0.25, -0.2) is 9.78 Å². The van der Waals surface area contributed by atoms with E-state index in [9.17, 15) is 9.59 Å². The van der Waals surface area contributed by atoms with E-state index in [1.165, 1.54) is 6.20 Å². The topological polar surface area (TPSA) is 75.9 Å². The molecule has 2 rings (SSSR count). The predicted octanol–water partition coefficient (Wildman–Crippen LogP) is 0.897. The molecule has 0 atom stereocenters. The standard InChI is InChI=1S/C12H17N3O4/c1-3-18-12(17)15-6-4-14(5-7-15)11(16)10-13-8-9(2)19-10/h8H,3-7H2,1-2H3. The molecule has 1 aromatic rings. The summed E-state index contributed by atoms with van der Waals surface area (Å²) in [6.07, 6.45) is 1.18. The first-order valence-corrected chi connectivity index (χ1v) is 6.25. The SMILES string of the molecule is CCOC(=O)N1CCN(C(=O)c2ncc(C)o2)CC1. The third kappa shape index (κ3) is 3.04. The fourth-order valence-corrected chi connectivity index (χ4v) is 1.90. The summed E-state index contributed by atoms with van der Waals surface area (Å²) in [4.78, 5) is 30.7. The lowest BCUT2D eigenvalue weighted by atomic mass is 10.3. The Labute approximate surface area is 111 Å². The zero-order valence-electron chi connectivity index (χ0n) is 11.1. The van der Waals surface area contributed by atoms with Gasteiger partial charge in [0.2, 0.25) is 0 Å². The Morgan fingerprint density at radius 2 is 1.95 bits per heavy atom. The van der Waals surface area contributed by atoms with Crippen LogP contribution in [0.2, 0.25) is 0 Å². The van der Waals surface area contributed by atoms with E-state index in [2.05, 4.69) is 4.98 Å². The van der Waals surface area contributed by atoms with Crippen molar-refractivity contribution >= 4 is 12.0 Å². The van der Waals surface area contributed by atoms with Crippen LogP contribution in [0, 0.1) is 6.92 Å². The van der Waals surface area contributed by atoms with Gasteiger partial charge in [-0.15, -0.1) is 0 Å². The highest BCUT2D eigenvalue weighted by molar-refractivity contribution is 5.89. The summed E-state index contributed by atoms with van der Waals surface area (Å²) >= 11 is 0. The molecule has 1 aliphatic rings. The molecule has 1 fully saturated rings. The Morgan fingerprint density at radius 1 is 1.32 bits per heavy atom. The van der Waals surface area contributed by atoms with Crippen LogP contribution in [0.1, 0.15) is 23.4 Å². The van der Waals surface area contributed by atoms with Crippen LogP contribution in [0.25, 0.3) is 0 Å². The van der Waals surface area contributed by atoms with Crippen molar-refractivity contribution in [1.29, 1.82) is 0 Å². The number of carbonyl (C=O) groups excluding carboxylic acids is 2. The monoisotopic (exact) mass is 267 g/mol. The van der Waals surface area contributed by atoms with Crippen molar-refractivity contribution in [2.75, 3.05) is 32.8 Å². The molecule has 19 heavy (non-hydrogen) atoms. The molecular formula is C12H17N3O4. The van der Waals surface area contributed by atoms with Crippen LogP contribution >= 0.6 is 0 Å². The lowest BCUT2D eigenvalue weighted by molar-refractivity contribution is 0.0539. The summed E-state index contributed by atoms with van der Waals surface area (Å²) in [6, 6.07) is 0. The first kappa shape index (κ1) is 13.4. The molecule has 7 nitrogen and oxygen atoms in total. The second-order valence-electron chi connectivity index (χ2n) is 4.25. The Bertz CT molecular complexity index is 463. The molecular weight excluding hydrogens is 250 g/mol. The van der Waals surface area contributed by atoms with Crippen LogP contribution in [-0.4, -0.2) is 59.6 Å². The molecule has 0 aliphatic carbocycles. The quantitative estimate of drug-likeness (QED) is 0.795. The number of piperazine rings is 1. The van der Waals surface area contributed by atoms with Crippen molar-refractivity contribution in [3.8, 4) is 0 Å². The summed E-state index contributed by atoms with van der Waals surface area (Å²) in [5.74, 6) is 0.465. The fourth-order valence-electron chi connectivity index (χ4n) is 1.90. The molecule has 1 aromatic heterocycles. The molecule has 1 saturated heterocycles. The minimum Gasteiger partial charge on any atom is -0.450 e. The molecule has 0 N–H and O–H groups in total. The van der Waals surface area contributed by atoms with Gasteiger partial charge in [-0.3, -0.25) is 4.79 Å². The van der Waals surface area contributed by atoms with Crippen LogP contribution in [0.5, 0.6) is 0 Å². The van der Waals surface area contributed by atoms with Gasteiger partial charge in [0.1, 0.15) is 5.76 Å². The molecule has 0 unspecified atom stereocenters. The number of rotatable bonds is 2. The summed E-state index contributed by atoms with van der Waals surface area (Å²) < 4.78 is 10.1. The lowest BCUT2D eigenvalue weighted by Gasteiger charge is -2.33. The second-order valence-corrected chi connectivity index (χ2v) is 4.25. The van der Waals surface area contributed by atoms with Gasteiger partial charge in [0.15, 0.2) is 0 Å². The van der Waals surface area contributed by atoms with Gasteiger partial charge in [-0.05, 0) is 13.8 Å². The summed E-state index contributed by atoms with van der Waals surface area (Å²) in [6.45, 7) is 5.70. The van der Waals surface area contributed by atoms with Crippen molar-refractivity contribution < 1.29 is 18.7 Å². The van der Waals surface area contributed by atoms with E-state index in [1.807, 2.05) is 0 Å². The van der Waals surface area contributed by atoms with Crippen LogP contribution < -0.4 is 0 Å². The van der Waals surface area contributed by atoms with Crippen molar-refractivity contribution in [3.05, 3.63) is 17.8 Å². The number of aryl methyl sites for hydroxylation is 1. The Kier molecular flexibility index (Phi) is 4.03. The largest absolute Gasteiger partial charge is 0.450 e. The number of ether oxygens (including phenoxy) is 1. The number of hydrogen-bond donors (Lipinski definition) is 0. The Hall–Kier alpha value is -2.05. The fraction of sp³-hybridized carbons (Fsp3) is 0.583. The smallest absolute Gasteiger partial charge is 0.409 e. The van der Waals surface area contributed by atoms with E-state index in [-0.39, 0.29) is 17.9 Å². The van der Waals surface area contributed by atoms with Crippen molar-refractivity contribution in [2.24, 2.45) is 0 Å². The van der Waals surface area contributed by atoms with Crippen LogP contribution in [-0.2, 0) is 4.74 Å². The van der Waals surface area contributed by atoms with E-state index in [0.29, 0.717) is 38.5 Å².